The highest BCUT2D eigenvalue weighted by Crippen LogP contribution is 2.72. The average molecular weight is 463 g/mol. The quantitative estimate of drug-likeness (QED) is 0.542. The van der Waals surface area contributed by atoms with E-state index in [0.29, 0.717) is 47.7 Å². The molecule has 1 aromatic carbocycles. The van der Waals surface area contributed by atoms with Gasteiger partial charge in [0.1, 0.15) is 5.75 Å². The van der Waals surface area contributed by atoms with Gasteiger partial charge in [-0.05, 0) is 116 Å². The minimum atomic E-state index is -0.561. The molecule has 4 saturated carbocycles. The summed E-state index contributed by atoms with van der Waals surface area (Å²) in [5, 5.41) is 12.4. The summed E-state index contributed by atoms with van der Waals surface area (Å²) in [4.78, 5) is 12.4. The second-order valence-corrected chi connectivity index (χ2v) is 13.0. The van der Waals surface area contributed by atoms with E-state index in [2.05, 4.69) is 45.0 Å². The molecule has 2 unspecified atom stereocenters. The highest BCUT2D eigenvalue weighted by molar-refractivity contribution is 5.91. The van der Waals surface area contributed by atoms with Gasteiger partial charge in [0.25, 0.3) is 0 Å². The molecule has 0 bridgehead atoms. The third-order valence-corrected chi connectivity index (χ3v) is 11.8. The Morgan fingerprint density at radius 2 is 1.76 bits per heavy atom. The maximum atomic E-state index is 12.4. The molecule has 0 saturated heterocycles. The van der Waals surface area contributed by atoms with Gasteiger partial charge in [-0.1, -0.05) is 38.5 Å². The van der Waals surface area contributed by atoms with E-state index in [0.717, 1.165) is 37.9 Å². The van der Waals surface area contributed by atoms with Crippen molar-refractivity contribution in [3.8, 4) is 5.75 Å². The number of benzene rings is 1. The molecule has 5 aliphatic rings. The van der Waals surface area contributed by atoms with Crippen LogP contribution in [0.1, 0.15) is 90.0 Å². The Labute approximate surface area is 205 Å². The fraction of sp³-hybridized carbons (Fsp3) is 0.710. The van der Waals surface area contributed by atoms with Gasteiger partial charge in [0.05, 0.1) is 12.7 Å². The van der Waals surface area contributed by atoms with E-state index in [1.807, 2.05) is 6.08 Å². The molecule has 0 aromatic heterocycles. The van der Waals surface area contributed by atoms with E-state index in [-0.39, 0.29) is 10.8 Å². The number of allylic oxidation sites excluding steroid dienone is 1. The Hall–Kier alpha value is -1.61. The lowest BCUT2D eigenvalue weighted by molar-refractivity contribution is -0.161. The largest absolute Gasteiger partial charge is 0.497 e. The summed E-state index contributed by atoms with van der Waals surface area (Å²) >= 11 is 0. The molecular formula is C31H42O3. The van der Waals surface area contributed by atoms with Crippen molar-refractivity contribution in [3.05, 3.63) is 41.5 Å². The van der Waals surface area contributed by atoms with Crippen LogP contribution in [0.5, 0.6) is 5.75 Å². The van der Waals surface area contributed by atoms with Gasteiger partial charge in [-0.25, -0.2) is 0 Å². The van der Waals surface area contributed by atoms with Gasteiger partial charge in [-0.15, -0.1) is 0 Å². The zero-order chi connectivity index (χ0) is 23.9. The van der Waals surface area contributed by atoms with Gasteiger partial charge >= 0.3 is 0 Å². The zero-order valence-electron chi connectivity index (χ0n) is 21.5. The van der Waals surface area contributed by atoms with Crippen molar-refractivity contribution in [1.82, 2.24) is 0 Å². The van der Waals surface area contributed by atoms with Crippen LogP contribution in [0.15, 0.2) is 35.9 Å². The van der Waals surface area contributed by atoms with Crippen LogP contribution in [0.4, 0.5) is 0 Å². The van der Waals surface area contributed by atoms with Crippen molar-refractivity contribution in [2.45, 2.75) is 90.1 Å². The Balaban J connectivity index is 1.46. The standard InChI is InChI=1S/C31H42O3/c1-19(20-5-6-20)31(33)16-14-27-25-12-9-22-17-23(32)13-15-29(22,2)28(25)26(18-30(27,31)3)21-7-10-24(34-4)11-8-21/h7-8,10-11,17,19-20,25-28,33H,5-6,9,12-16,18H2,1-4H3/t19?,25-,26+,27-,28?,29-,30-,31+/m0/s1. The highest BCUT2D eigenvalue weighted by Gasteiger charge is 2.68. The molecular weight excluding hydrogens is 420 g/mol. The lowest BCUT2D eigenvalue weighted by Gasteiger charge is -2.62. The van der Waals surface area contributed by atoms with E-state index in [4.69, 9.17) is 4.74 Å². The van der Waals surface area contributed by atoms with Gasteiger partial charge in [0.15, 0.2) is 5.78 Å². The molecule has 3 nitrogen and oxygen atoms in total. The van der Waals surface area contributed by atoms with Gasteiger partial charge in [-0.2, -0.15) is 0 Å². The average Bonchev–Trinajstić information content (AvgIpc) is 3.64. The number of rotatable bonds is 4. The lowest BCUT2D eigenvalue weighted by atomic mass is 9.42. The number of hydrogen-bond donors (Lipinski definition) is 1. The summed E-state index contributed by atoms with van der Waals surface area (Å²) in [6, 6.07) is 8.77. The van der Waals surface area contributed by atoms with Crippen LogP contribution in [-0.4, -0.2) is 23.6 Å². The summed E-state index contributed by atoms with van der Waals surface area (Å²) in [7, 11) is 1.73. The van der Waals surface area contributed by atoms with Crippen molar-refractivity contribution in [2.75, 3.05) is 7.11 Å². The molecule has 0 aliphatic heterocycles. The number of ketones is 1. The molecule has 0 radical (unpaired) electrons. The smallest absolute Gasteiger partial charge is 0.155 e. The van der Waals surface area contributed by atoms with E-state index < -0.39 is 5.60 Å². The van der Waals surface area contributed by atoms with E-state index in [1.54, 1.807) is 7.11 Å². The van der Waals surface area contributed by atoms with Gasteiger partial charge < -0.3 is 9.84 Å². The van der Waals surface area contributed by atoms with E-state index >= 15 is 0 Å². The number of fused-ring (bicyclic) bond motifs is 5. The fourth-order valence-corrected chi connectivity index (χ4v) is 9.69. The Bertz CT molecular complexity index is 1010. The molecule has 1 N–H and O–H groups in total. The van der Waals surface area contributed by atoms with Crippen LogP contribution in [0.25, 0.3) is 0 Å². The predicted molar refractivity (Wildman–Crippen MR) is 135 cm³/mol. The van der Waals surface area contributed by atoms with Gasteiger partial charge in [0.2, 0.25) is 0 Å². The SMILES string of the molecule is COc1ccc([C@H]2C[C@@]3(C)[C@@H](CC[C@@]3(O)C(C)C3CC3)[C@@H]3CCC4=CC(=O)CC[C@]4(C)C23)cc1. The second kappa shape index (κ2) is 7.69. The maximum absolute atomic E-state index is 12.4. The van der Waals surface area contributed by atoms with Crippen LogP contribution in [0.2, 0.25) is 0 Å². The first-order chi connectivity index (χ1) is 16.2. The number of hydrogen-bond acceptors (Lipinski definition) is 3. The number of carbonyl (C=O) groups is 1. The maximum Gasteiger partial charge on any atom is 0.155 e. The Morgan fingerprint density at radius 3 is 2.44 bits per heavy atom. The molecule has 3 heteroatoms. The number of methoxy groups -OCH3 is 1. The number of carbonyl (C=O) groups excluding carboxylic acids is 1. The zero-order valence-corrected chi connectivity index (χ0v) is 21.5. The third kappa shape index (κ3) is 3.08. The molecule has 6 rings (SSSR count). The minimum Gasteiger partial charge on any atom is -0.497 e. The topological polar surface area (TPSA) is 46.5 Å². The molecule has 0 amide bonds. The van der Waals surface area contributed by atoms with Crippen molar-refractivity contribution in [1.29, 1.82) is 0 Å². The summed E-state index contributed by atoms with van der Waals surface area (Å²) < 4.78 is 5.48. The monoisotopic (exact) mass is 462 g/mol. The molecule has 34 heavy (non-hydrogen) atoms. The van der Waals surface area contributed by atoms with Crippen LogP contribution >= 0.6 is 0 Å². The molecule has 5 aliphatic carbocycles. The second-order valence-electron chi connectivity index (χ2n) is 13.0. The van der Waals surface area contributed by atoms with E-state index in [9.17, 15) is 9.90 Å². The summed E-state index contributed by atoms with van der Waals surface area (Å²) in [6.07, 6.45) is 11.7. The first-order valence-corrected chi connectivity index (χ1v) is 13.8. The van der Waals surface area contributed by atoms with Crippen molar-refractivity contribution in [3.63, 3.8) is 0 Å². The molecule has 4 fully saturated rings. The molecule has 184 valence electrons. The van der Waals surface area contributed by atoms with Crippen molar-refractivity contribution < 1.29 is 14.6 Å². The van der Waals surface area contributed by atoms with Crippen LogP contribution in [0.3, 0.4) is 0 Å². The first-order valence-electron chi connectivity index (χ1n) is 13.8. The van der Waals surface area contributed by atoms with E-state index in [1.165, 1.54) is 30.4 Å². The predicted octanol–water partition coefficient (Wildman–Crippen LogP) is 6.70. The molecule has 8 atom stereocenters. The first kappa shape index (κ1) is 22.8. The van der Waals surface area contributed by atoms with Gasteiger partial charge in [-0.3, -0.25) is 4.79 Å². The minimum absolute atomic E-state index is 0.0527. The number of ether oxygens (including phenoxy) is 1. The van der Waals surface area contributed by atoms with Crippen LogP contribution in [0, 0.1) is 40.4 Å². The van der Waals surface area contributed by atoms with Crippen molar-refractivity contribution >= 4 is 5.78 Å². The fourth-order valence-electron chi connectivity index (χ4n) is 9.69. The molecule has 0 spiro atoms. The molecule has 1 aromatic rings. The lowest BCUT2D eigenvalue weighted by Crippen LogP contribution is -2.59. The summed E-state index contributed by atoms with van der Waals surface area (Å²) in [6.45, 7) is 7.26. The summed E-state index contributed by atoms with van der Waals surface area (Å²) in [5.41, 5.74) is 2.28. The Morgan fingerprint density at radius 1 is 1.03 bits per heavy atom. The third-order valence-electron chi connectivity index (χ3n) is 11.8. The van der Waals surface area contributed by atoms with Crippen LogP contribution < -0.4 is 4.74 Å². The van der Waals surface area contributed by atoms with Crippen LogP contribution in [-0.2, 0) is 4.79 Å². The Kier molecular flexibility index (Phi) is 5.16. The van der Waals surface area contributed by atoms with Gasteiger partial charge in [0, 0.05) is 11.8 Å². The van der Waals surface area contributed by atoms with Crippen molar-refractivity contribution in [2.24, 2.45) is 40.4 Å². The highest BCUT2D eigenvalue weighted by atomic mass is 16.5. The number of aliphatic hydroxyl groups is 1. The normalized spacial score (nSPS) is 44.5. The summed E-state index contributed by atoms with van der Waals surface area (Å²) in [5.74, 6) is 4.44. The molecule has 0 heterocycles.